The van der Waals surface area contributed by atoms with E-state index in [2.05, 4.69) is 0 Å². The minimum Gasteiger partial charge on any atom is -0.207 e. The van der Waals surface area contributed by atoms with Crippen LogP contribution in [0.3, 0.4) is 0 Å². The first-order chi connectivity index (χ1) is 42.9. The molecule has 0 heterocycles. The monoisotopic (exact) mass is 1240 g/mol. The molecule has 4 saturated carbocycles. The molecule has 0 unspecified atom stereocenters. The Morgan fingerprint density at radius 3 is 0.483 bits per heavy atom. The van der Waals surface area contributed by atoms with Crippen LogP contribution in [0.1, 0.15) is 174 Å². The first kappa shape index (κ1) is 61.9. The summed E-state index contributed by atoms with van der Waals surface area (Å²) in [6.45, 7) is 0. The Morgan fingerprint density at radius 1 is 0.191 bits per heavy atom. The molecular weight excluding hydrogens is 1180 g/mol. The van der Waals surface area contributed by atoms with E-state index in [0.29, 0.717) is 73.6 Å². The zero-order valence-corrected chi connectivity index (χ0v) is 48.3. The molecule has 89 heavy (non-hydrogen) atoms. The number of hydrogen-bond donors (Lipinski definition) is 0. The van der Waals surface area contributed by atoms with Gasteiger partial charge in [-0.15, -0.1) is 21.9 Å². The van der Waals surface area contributed by atoms with E-state index in [1.54, 1.807) is 0 Å². The molecule has 0 spiro atoms. The summed E-state index contributed by atoms with van der Waals surface area (Å²) in [5.41, 5.74) is -18.9. The summed E-state index contributed by atoms with van der Waals surface area (Å²) >= 11 is 0. The third kappa shape index (κ3) is 10.6. The normalized spacial score (nSPS) is 16.8. The molecule has 464 valence electrons. The summed E-state index contributed by atoms with van der Waals surface area (Å²) < 4.78 is 287. The van der Waals surface area contributed by atoms with Crippen molar-refractivity contribution in [3.05, 3.63) is 212 Å². The highest BCUT2D eigenvalue weighted by atomic mass is 19.2. The highest BCUT2D eigenvalue weighted by Gasteiger charge is 2.52. The summed E-state index contributed by atoms with van der Waals surface area (Å²) in [6.07, 6.45) is 9.10. The maximum absolute atomic E-state index is 18.2. The molecule has 8 aromatic rings. The quantitative estimate of drug-likeness (QED) is 0.0650. The highest BCUT2D eigenvalue weighted by Crippen LogP contribution is 2.43. The Hall–Kier alpha value is -7.30. The molecule has 0 amide bonds. The van der Waals surface area contributed by atoms with E-state index in [0.717, 1.165) is 126 Å². The fourth-order valence-corrected chi connectivity index (χ4v) is 15.4. The average molecular weight is 1240 g/mol. The average Bonchev–Trinajstić information content (AvgIpc) is 0.681. The summed E-state index contributed by atoms with van der Waals surface area (Å²) in [4.78, 5) is 0. The number of halogens is 16. The first-order valence-corrected chi connectivity index (χ1v) is 30.9. The van der Waals surface area contributed by atoms with Crippen LogP contribution < -0.4 is 21.9 Å². The van der Waals surface area contributed by atoms with Crippen molar-refractivity contribution < 1.29 is 70.2 Å². The van der Waals surface area contributed by atoms with Gasteiger partial charge in [0.2, 0.25) is 0 Å². The molecule has 0 nitrogen and oxygen atoms in total. The Morgan fingerprint density at radius 2 is 0.337 bits per heavy atom. The number of rotatable bonds is 12. The topological polar surface area (TPSA) is 0 Å². The molecular formula is C72H60BF16-. The molecule has 4 fully saturated rings. The molecule has 4 aliphatic rings. The molecule has 0 aliphatic heterocycles. The zero-order valence-electron chi connectivity index (χ0n) is 48.3. The molecule has 8 aromatic carbocycles. The molecule has 0 saturated heterocycles. The van der Waals surface area contributed by atoms with Gasteiger partial charge in [0.1, 0.15) is 52.7 Å². The smallest absolute Gasteiger partial charge is 0.166 e. The van der Waals surface area contributed by atoms with Crippen molar-refractivity contribution in [2.45, 2.75) is 152 Å². The summed E-state index contributed by atoms with van der Waals surface area (Å²) in [6, 6.07) is 19.1. The van der Waals surface area contributed by atoms with Crippen molar-refractivity contribution in [1.82, 2.24) is 0 Å². The van der Waals surface area contributed by atoms with Crippen molar-refractivity contribution >= 4 is 28.0 Å². The first-order valence-electron chi connectivity index (χ1n) is 30.9. The van der Waals surface area contributed by atoms with Crippen molar-refractivity contribution in [3.63, 3.8) is 0 Å². The van der Waals surface area contributed by atoms with Gasteiger partial charge in [-0.25, -0.2) is 70.2 Å². The van der Waals surface area contributed by atoms with Gasteiger partial charge in [0.15, 0.2) is 46.5 Å². The van der Waals surface area contributed by atoms with Gasteiger partial charge in [0.25, 0.3) is 0 Å². The SMILES string of the molecule is Fc1c(F)c([B-](c2c(F)c(F)c(-c3ccc(C4CCCCC4)cc3)c(F)c2F)(c2c(F)c(F)c(-c3ccc(C4CCCCC4)cc3)c(F)c2F)c2c(F)c(F)c(-c3ccc(C4CCCCC4)cc3)c(F)c2F)c(F)c(F)c1-c1ccc(C2CCCCC2)cc1. The van der Waals surface area contributed by atoms with Crippen LogP contribution in [0.15, 0.2) is 97.1 Å². The van der Waals surface area contributed by atoms with E-state index in [-0.39, 0.29) is 23.7 Å². The predicted octanol–water partition coefficient (Wildman–Crippen LogP) is 20.1. The predicted molar refractivity (Wildman–Crippen MR) is 314 cm³/mol. The fourth-order valence-electron chi connectivity index (χ4n) is 15.4. The van der Waals surface area contributed by atoms with E-state index in [4.69, 9.17) is 0 Å². The highest BCUT2D eigenvalue weighted by molar-refractivity contribution is 7.20. The minimum atomic E-state index is -6.92. The molecule has 0 atom stereocenters. The Bertz CT molecular complexity index is 3350. The van der Waals surface area contributed by atoms with Crippen molar-refractivity contribution in [3.8, 4) is 44.5 Å². The number of benzene rings is 8. The second-order valence-electron chi connectivity index (χ2n) is 24.9. The van der Waals surface area contributed by atoms with E-state index in [9.17, 15) is 0 Å². The van der Waals surface area contributed by atoms with Crippen LogP contribution in [0.25, 0.3) is 44.5 Å². The van der Waals surface area contributed by atoms with Gasteiger partial charge in [0, 0.05) is 0 Å². The molecule has 0 bridgehead atoms. The molecule has 0 N–H and O–H groups in total. The maximum atomic E-state index is 18.2. The fraction of sp³-hybridized carbons (Fsp3) is 0.333. The lowest BCUT2D eigenvalue weighted by Crippen LogP contribution is -2.81. The van der Waals surface area contributed by atoms with Crippen LogP contribution in [-0.4, -0.2) is 6.15 Å². The van der Waals surface area contributed by atoms with Gasteiger partial charge in [-0.1, -0.05) is 174 Å². The molecule has 17 heteroatoms. The van der Waals surface area contributed by atoms with E-state index in [1.807, 2.05) is 0 Å². The molecule has 12 rings (SSSR count). The summed E-state index contributed by atoms with van der Waals surface area (Å²) in [5.74, 6) is -46.2. The number of hydrogen-bond acceptors (Lipinski definition) is 0. The van der Waals surface area contributed by atoms with E-state index >= 15 is 70.2 Å². The van der Waals surface area contributed by atoms with Gasteiger partial charge < -0.3 is 0 Å². The van der Waals surface area contributed by atoms with Gasteiger partial charge in [-0.3, -0.25) is 0 Å². The van der Waals surface area contributed by atoms with Gasteiger partial charge in [0.05, 0.1) is 22.3 Å². The van der Waals surface area contributed by atoms with E-state index < -0.39 is 166 Å². The second kappa shape index (κ2) is 25.2. The van der Waals surface area contributed by atoms with Crippen LogP contribution in [-0.2, 0) is 0 Å². The zero-order chi connectivity index (χ0) is 62.7. The third-order valence-electron chi connectivity index (χ3n) is 20.0. The third-order valence-corrected chi connectivity index (χ3v) is 20.0. The van der Waals surface area contributed by atoms with Crippen LogP contribution in [0.5, 0.6) is 0 Å². The van der Waals surface area contributed by atoms with Crippen molar-refractivity contribution in [1.29, 1.82) is 0 Å². The maximum Gasteiger partial charge on any atom is 0.166 e. The van der Waals surface area contributed by atoms with Gasteiger partial charge >= 0.3 is 0 Å². The van der Waals surface area contributed by atoms with Crippen LogP contribution in [0, 0.1) is 93.1 Å². The van der Waals surface area contributed by atoms with Gasteiger partial charge in [-0.05, 0) is 120 Å². The van der Waals surface area contributed by atoms with Crippen LogP contribution in [0.4, 0.5) is 70.2 Å². The largest absolute Gasteiger partial charge is 0.207 e. The van der Waals surface area contributed by atoms with Crippen LogP contribution in [0.2, 0.25) is 0 Å². The Labute approximate surface area is 505 Å². The molecule has 4 aliphatic carbocycles. The lowest BCUT2D eigenvalue weighted by molar-refractivity contribution is 0.443. The molecule has 0 aromatic heterocycles. The standard InChI is InChI=1S/C72H60BF16/c74-57-49(45-29-21-41(22-30-45)37-13-5-1-6-14-37)58(75)66(83)53(65(57)82)73(54-67(84)59(76)50(60(77)68(54)85)46-31-23-42(24-32-46)38-15-7-2-8-16-38,55-69(86)61(78)51(62(79)70(55)87)47-33-25-43(26-34-47)39-17-9-3-10-18-39)56-71(88)63(80)52(64(81)72(56)89)48-35-27-44(28-36-48)40-19-11-4-12-20-40/h21-40H,1-20H2/q-1. The second-order valence-corrected chi connectivity index (χ2v) is 24.9. The Balaban J connectivity index is 1.18. The lowest BCUT2D eigenvalue weighted by atomic mass is 9.12. The summed E-state index contributed by atoms with van der Waals surface area (Å²) in [5, 5.41) is 0. The van der Waals surface area contributed by atoms with E-state index in [1.165, 1.54) is 48.5 Å². The van der Waals surface area contributed by atoms with Gasteiger partial charge in [-0.2, -0.15) is 0 Å². The van der Waals surface area contributed by atoms with Crippen LogP contribution >= 0.6 is 0 Å². The van der Waals surface area contributed by atoms with Crippen molar-refractivity contribution in [2.75, 3.05) is 0 Å². The summed E-state index contributed by atoms with van der Waals surface area (Å²) in [7, 11) is 0. The Kier molecular flexibility index (Phi) is 17.5. The van der Waals surface area contributed by atoms with Crippen molar-refractivity contribution in [2.24, 2.45) is 0 Å². The minimum absolute atomic E-state index is 0.0553. The molecule has 0 radical (unpaired) electrons. The lowest BCUT2D eigenvalue weighted by Gasteiger charge is -2.45.